The van der Waals surface area contributed by atoms with Crippen LogP contribution in [0.4, 0.5) is 0 Å². The zero-order valence-corrected chi connectivity index (χ0v) is 11.6. The van der Waals surface area contributed by atoms with Gasteiger partial charge in [-0.05, 0) is 30.1 Å². The topological polar surface area (TPSA) is 38.0 Å². The van der Waals surface area contributed by atoms with Gasteiger partial charge in [0.15, 0.2) is 0 Å². The van der Waals surface area contributed by atoms with Crippen LogP contribution in [0.2, 0.25) is 0 Å². The molecule has 96 valence electrons. The second-order valence-electron chi connectivity index (χ2n) is 6.66. The van der Waals surface area contributed by atoms with E-state index < -0.39 is 0 Å². The molecule has 3 N–H and O–H groups in total. The first-order chi connectivity index (χ1) is 7.40. The summed E-state index contributed by atoms with van der Waals surface area (Å²) < 4.78 is 0. The molecule has 0 saturated heterocycles. The largest absolute Gasteiger partial charge is 0.326 e. The van der Waals surface area contributed by atoms with Gasteiger partial charge < -0.3 is 11.1 Å². The van der Waals surface area contributed by atoms with Crippen molar-refractivity contribution in [3.05, 3.63) is 0 Å². The van der Waals surface area contributed by atoms with Crippen molar-refractivity contribution in [2.24, 2.45) is 16.6 Å². The number of nitrogens with two attached hydrogens (primary N) is 1. The third-order valence-electron chi connectivity index (χ3n) is 4.39. The molecule has 2 nitrogen and oxygen atoms in total. The maximum atomic E-state index is 6.16. The van der Waals surface area contributed by atoms with Crippen molar-refractivity contribution in [3.63, 3.8) is 0 Å². The molecule has 0 aromatic carbocycles. The van der Waals surface area contributed by atoms with Crippen LogP contribution in [0.1, 0.15) is 59.8 Å². The molecular formula is C14H30N2. The summed E-state index contributed by atoms with van der Waals surface area (Å²) in [6.45, 7) is 11.1. The monoisotopic (exact) mass is 226 g/mol. The predicted molar refractivity (Wildman–Crippen MR) is 71.5 cm³/mol. The lowest BCUT2D eigenvalue weighted by Crippen LogP contribution is -2.45. The molecule has 16 heavy (non-hydrogen) atoms. The SMILES string of the molecule is CCC1(CNCC(N)C(C)(C)C)CCCC1. The highest BCUT2D eigenvalue weighted by atomic mass is 14.9. The summed E-state index contributed by atoms with van der Waals surface area (Å²) in [5.41, 5.74) is 6.95. The average molecular weight is 226 g/mol. The van der Waals surface area contributed by atoms with E-state index in [1.807, 2.05) is 0 Å². The molecule has 0 aromatic rings. The Kier molecular flexibility index (Phi) is 4.81. The van der Waals surface area contributed by atoms with Crippen LogP contribution in [0, 0.1) is 10.8 Å². The van der Waals surface area contributed by atoms with Crippen molar-refractivity contribution in [2.45, 2.75) is 65.8 Å². The van der Waals surface area contributed by atoms with Crippen LogP contribution in [0.5, 0.6) is 0 Å². The molecule has 0 bridgehead atoms. The molecule has 1 aliphatic rings. The lowest BCUT2D eigenvalue weighted by atomic mass is 9.83. The van der Waals surface area contributed by atoms with Gasteiger partial charge in [-0.15, -0.1) is 0 Å². The van der Waals surface area contributed by atoms with Crippen LogP contribution in [-0.2, 0) is 0 Å². The molecule has 1 unspecified atom stereocenters. The molecule has 1 rings (SSSR count). The van der Waals surface area contributed by atoms with Gasteiger partial charge in [-0.1, -0.05) is 40.5 Å². The summed E-state index contributed by atoms with van der Waals surface area (Å²) in [5, 5.41) is 3.60. The molecule has 1 fully saturated rings. The molecule has 0 aromatic heterocycles. The van der Waals surface area contributed by atoms with E-state index >= 15 is 0 Å². The molecule has 1 atom stereocenters. The highest BCUT2D eigenvalue weighted by Gasteiger charge is 2.31. The van der Waals surface area contributed by atoms with Crippen LogP contribution < -0.4 is 11.1 Å². The van der Waals surface area contributed by atoms with E-state index in [2.05, 4.69) is 33.0 Å². The van der Waals surface area contributed by atoms with Crippen LogP contribution >= 0.6 is 0 Å². The van der Waals surface area contributed by atoms with Crippen molar-refractivity contribution in [3.8, 4) is 0 Å². The van der Waals surface area contributed by atoms with Gasteiger partial charge in [0.05, 0.1) is 0 Å². The lowest BCUT2D eigenvalue weighted by Gasteiger charge is -2.31. The zero-order valence-electron chi connectivity index (χ0n) is 11.6. The van der Waals surface area contributed by atoms with E-state index in [-0.39, 0.29) is 11.5 Å². The Morgan fingerprint density at radius 3 is 2.25 bits per heavy atom. The van der Waals surface area contributed by atoms with Crippen LogP contribution in [0.15, 0.2) is 0 Å². The van der Waals surface area contributed by atoms with Gasteiger partial charge in [-0.25, -0.2) is 0 Å². The minimum absolute atomic E-state index is 0.210. The number of hydrogen-bond acceptors (Lipinski definition) is 2. The fraction of sp³-hybridized carbons (Fsp3) is 1.00. The summed E-state index contributed by atoms with van der Waals surface area (Å²) in [5.74, 6) is 0. The molecule has 0 spiro atoms. The standard InChI is InChI=1S/C14H30N2/c1-5-14(8-6-7-9-14)11-16-10-12(15)13(2,3)4/h12,16H,5-11,15H2,1-4H3. The van der Waals surface area contributed by atoms with E-state index in [1.165, 1.54) is 32.1 Å². The van der Waals surface area contributed by atoms with E-state index in [0.717, 1.165) is 13.1 Å². The summed E-state index contributed by atoms with van der Waals surface area (Å²) in [7, 11) is 0. The molecule has 2 heteroatoms. The van der Waals surface area contributed by atoms with Crippen LogP contribution in [0.25, 0.3) is 0 Å². The molecule has 0 aliphatic heterocycles. The quantitative estimate of drug-likeness (QED) is 0.756. The predicted octanol–water partition coefficient (Wildman–Crippen LogP) is 2.92. The van der Waals surface area contributed by atoms with Crippen molar-refractivity contribution >= 4 is 0 Å². The average Bonchev–Trinajstić information content (AvgIpc) is 2.66. The Balaban J connectivity index is 2.29. The first kappa shape index (κ1) is 14.0. The van der Waals surface area contributed by atoms with Gasteiger partial charge in [-0.3, -0.25) is 0 Å². The Morgan fingerprint density at radius 2 is 1.81 bits per heavy atom. The Morgan fingerprint density at radius 1 is 1.25 bits per heavy atom. The third kappa shape index (κ3) is 3.74. The van der Waals surface area contributed by atoms with Gasteiger partial charge >= 0.3 is 0 Å². The second-order valence-corrected chi connectivity index (χ2v) is 6.66. The van der Waals surface area contributed by atoms with Gasteiger partial charge in [0, 0.05) is 19.1 Å². The minimum Gasteiger partial charge on any atom is -0.326 e. The van der Waals surface area contributed by atoms with Gasteiger partial charge in [0.25, 0.3) is 0 Å². The molecule has 0 radical (unpaired) electrons. The smallest absolute Gasteiger partial charge is 0.0214 e. The fourth-order valence-corrected chi connectivity index (χ4v) is 2.58. The number of nitrogens with one attached hydrogen (secondary N) is 1. The summed E-state index contributed by atoms with van der Waals surface area (Å²) in [6.07, 6.45) is 6.95. The Bertz CT molecular complexity index is 199. The minimum atomic E-state index is 0.210. The number of hydrogen-bond donors (Lipinski definition) is 2. The first-order valence-corrected chi connectivity index (χ1v) is 6.86. The van der Waals surface area contributed by atoms with Crippen LogP contribution in [-0.4, -0.2) is 19.1 Å². The van der Waals surface area contributed by atoms with Crippen LogP contribution in [0.3, 0.4) is 0 Å². The second kappa shape index (κ2) is 5.50. The highest BCUT2D eigenvalue weighted by Crippen LogP contribution is 2.40. The molecular weight excluding hydrogens is 196 g/mol. The van der Waals surface area contributed by atoms with E-state index in [4.69, 9.17) is 5.73 Å². The molecule has 0 heterocycles. The summed E-state index contributed by atoms with van der Waals surface area (Å²) in [4.78, 5) is 0. The number of rotatable bonds is 5. The van der Waals surface area contributed by atoms with Crippen molar-refractivity contribution in [1.82, 2.24) is 5.32 Å². The summed E-state index contributed by atoms with van der Waals surface area (Å²) >= 11 is 0. The maximum Gasteiger partial charge on any atom is 0.0214 e. The van der Waals surface area contributed by atoms with Gasteiger partial charge in [0.1, 0.15) is 0 Å². The molecule has 1 aliphatic carbocycles. The first-order valence-electron chi connectivity index (χ1n) is 6.86. The molecule has 1 saturated carbocycles. The van der Waals surface area contributed by atoms with Crippen molar-refractivity contribution in [2.75, 3.05) is 13.1 Å². The Hall–Kier alpha value is -0.0800. The van der Waals surface area contributed by atoms with Crippen molar-refractivity contribution < 1.29 is 0 Å². The van der Waals surface area contributed by atoms with Crippen molar-refractivity contribution in [1.29, 1.82) is 0 Å². The molecule has 0 amide bonds. The van der Waals surface area contributed by atoms with E-state index in [9.17, 15) is 0 Å². The summed E-state index contributed by atoms with van der Waals surface area (Å²) in [6, 6.07) is 0.253. The maximum absolute atomic E-state index is 6.16. The van der Waals surface area contributed by atoms with Gasteiger partial charge in [0.2, 0.25) is 0 Å². The fourth-order valence-electron chi connectivity index (χ4n) is 2.58. The normalized spacial score (nSPS) is 22.3. The lowest BCUT2D eigenvalue weighted by molar-refractivity contribution is 0.247. The van der Waals surface area contributed by atoms with E-state index in [1.54, 1.807) is 0 Å². The highest BCUT2D eigenvalue weighted by molar-refractivity contribution is 4.87. The van der Waals surface area contributed by atoms with Gasteiger partial charge in [-0.2, -0.15) is 0 Å². The third-order valence-corrected chi connectivity index (χ3v) is 4.39. The Labute approximate surface area is 101 Å². The zero-order chi connectivity index (χ0) is 12.2. The van der Waals surface area contributed by atoms with E-state index in [0.29, 0.717) is 5.41 Å².